The van der Waals surface area contributed by atoms with Gasteiger partial charge in [-0.05, 0) is 24.1 Å². The van der Waals surface area contributed by atoms with Gasteiger partial charge in [0.25, 0.3) is 5.91 Å². The van der Waals surface area contributed by atoms with Crippen LogP contribution in [0.2, 0.25) is 0 Å². The lowest BCUT2D eigenvalue weighted by atomic mass is 9.99. The number of nitrogens with zero attached hydrogens (tertiary/aromatic N) is 2. The average molecular weight is 256 g/mol. The number of hydrazone groups is 1. The first kappa shape index (κ1) is 12.6. The monoisotopic (exact) mass is 256 g/mol. The van der Waals surface area contributed by atoms with Crippen LogP contribution in [0.4, 0.5) is 5.69 Å². The van der Waals surface area contributed by atoms with Crippen LogP contribution in [-0.2, 0) is 6.42 Å². The largest absolute Gasteiger partial charge is 0.382 e. The van der Waals surface area contributed by atoms with Crippen LogP contribution in [0.25, 0.3) is 0 Å². The minimum absolute atomic E-state index is 0.124. The fourth-order valence-corrected chi connectivity index (χ4v) is 1.83. The van der Waals surface area contributed by atoms with Crippen molar-refractivity contribution in [2.24, 2.45) is 10.8 Å². The normalized spacial score (nSPS) is 14.1. The molecule has 7 heteroatoms. The van der Waals surface area contributed by atoms with E-state index in [0.29, 0.717) is 24.2 Å². The van der Waals surface area contributed by atoms with Gasteiger partial charge >= 0.3 is 0 Å². The van der Waals surface area contributed by atoms with Crippen molar-refractivity contribution >= 4 is 23.1 Å². The molecule has 0 unspecified atom stereocenters. The highest BCUT2D eigenvalue weighted by atomic mass is 16.1. The third kappa shape index (κ3) is 2.52. The van der Waals surface area contributed by atoms with E-state index < -0.39 is 5.84 Å². The number of carbonyl (C=O) groups excluding carboxylic acids is 1. The Morgan fingerprint density at radius 2 is 2.37 bits per heavy atom. The Morgan fingerprint density at radius 1 is 1.58 bits per heavy atom. The molecule has 0 atom stereocenters. The van der Waals surface area contributed by atoms with Crippen LogP contribution in [0.15, 0.2) is 23.3 Å². The number of nitriles is 1. The number of fused-ring (bicyclic) bond motifs is 1. The quantitative estimate of drug-likeness (QED) is 0.350. The van der Waals surface area contributed by atoms with Gasteiger partial charge in [-0.3, -0.25) is 15.6 Å². The van der Waals surface area contributed by atoms with Gasteiger partial charge in [0.05, 0.1) is 5.69 Å². The summed E-state index contributed by atoms with van der Waals surface area (Å²) in [6.07, 6.45) is 0.682. The predicted molar refractivity (Wildman–Crippen MR) is 71.1 cm³/mol. The number of hydrogen-bond donors (Lipinski definition) is 4. The van der Waals surface area contributed by atoms with E-state index in [0.717, 1.165) is 5.56 Å². The fourth-order valence-electron chi connectivity index (χ4n) is 1.83. The topological polar surface area (TPSA) is 127 Å². The van der Waals surface area contributed by atoms with E-state index in [1.807, 2.05) is 0 Å². The number of benzene rings is 1. The van der Waals surface area contributed by atoms with Crippen molar-refractivity contribution in [3.05, 3.63) is 29.3 Å². The number of nitrogens with two attached hydrogens (primary N) is 1. The minimum Gasteiger partial charge on any atom is -0.382 e. The van der Waals surface area contributed by atoms with Gasteiger partial charge in [0.2, 0.25) is 5.71 Å². The first-order valence-corrected chi connectivity index (χ1v) is 5.61. The average Bonchev–Trinajstić information content (AvgIpc) is 2.40. The molecule has 1 aromatic rings. The minimum atomic E-state index is -0.405. The molecular formula is C12H12N6O. The number of carbonyl (C=O) groups is 1. The van der Waals surface area contributed by atoms with Crippen LogP contribution in [-0.4, -0.2) is 24.0 Å². The number of hydrogen-bond acceptors (Lipinski definition) is 5. The molecule has 1 aliphatic rings. The highest BCUT2D eigenvalue weighted by Crippen LogP contribution is 2.23. The Kier molecular flexibility index (Phi) is 3.43. The van der Waals surface area contributed by atoms with Crippen molar-refractivity contribution in [1.29, 1.82) is 10.7 Å². The Balaban J connectivity index is 2.32. The standard InChI is InChI=1S/C12H12N6O/c13-6-10(11(14)15)18-17-9-3-1-2-8-7(9)4-5-16-12(8)19/h1-3,17H,4-5H2,(H3,14,15)(H,16,19)/b18-10+. The maximum Gasteiger partial charge on any atom is 0.251 e. The number of amidine groups is 1. The van der Waals surface area contributed by atoms with Crippen LogP contribution >= 0.6 is 0 Å². The molecule has 0 saturated carbocycles. The van der Waals surface area contributed by atoms with Crippen molar-refractivity contribution in [2.45, 2.75) is 6.42 Å². The van der Waals surface area contributed by atoms with Crippen molar-refractivity contribution in [2.75, 3.05) is 12.0 Å². The van der Waals surface area contributed by atoms with Crippen LogP contribution in [0.3, 0.4) is 0 Å². The SMILES string of the molecule is N#C/C(=N\Nc1cccc2c1CCNC2=O)C(=N)N. The molecule has 0 spiro atoms. The summed E-state index contributed by atoms with van der Waals surface area (Å²) < 4.78 is 0. The molecule has 0 radical (unpaired) electrons. The molecule has 7 nitrogen and oxygen atoms in total. The van der Waals surface area contributed by atoms with Gasteiger partial charge < -0.3 is 11.1 Å². The molecule has 5 N–H and O–H groups in total. The number of rotatable bonds is 3. The van der Waals surface area contributed by atoms with Crippen LogP contribution in [0, 0.1) is 16.7 Å². The summed E-state index contributed by atoms with van der Waals surface area (Å²) in [5.41, 5.74) is 9.77. The van der Waals surface area contributed by atoms with Gasteiger partial charge in [0.15, 0.2) is 5.84 Å². The summed E-state index contributed by atoms with van der Waals surface area (Å²) in [5, 5.41) is 22.4. The molecule has 19 heavy (non-hydrogen) atoms. The van der Waals surface area contributed by atoms with E-state index in [9.17, 15) is 4.79 Å². The molecule has 1 heterocycles. The van der Waals surface area contributed by atoms with E-state index in [-0.39, 0.29) is 11.6 Å². The molecule has 96 valence electrons. The summed E-state index contributed by atoms with van der Waals surface area (Å²) in [6, 6.07) is 6.93. The second kappa shape index (κ2) is 5.18. The smallest absolute Gasteiger partial charge is 0.251 e. The summed E-state index contributed by atoms with van der Waals surface area (Å²) in [7, 11) is 0. The van der Waals surface area contributed by atoms with Gasteiger partial charge in [0.1, 0.15) is 6.07 Å². The highest BCUT2D eigenvalue weighted by molar-refractivity contribution is 6.45. The molecule has 2 rings (SSSR count). The maximum atomic E-state index is 11.7. The van der Waals surface area contributed by atoms with Crippen LogP contribution in [0.5, 0.6) is 0 Å². The third-order valence-electron chi connectivity index (χ3n) is 2.73. The molecule has 0 aliphatic carbocycles. The van der Waals surface area contributed by atoms with Crippen molar-refractivity contribution < 1.29 is 4.79 Å². The zero-order valence-corrected chi connectivity index (χ0v) is 10.0. The van der Waals surface area contributed by atoms with Gasteiger partial charge in [-0.15, -0.1) is 0 Å². The predicted octanol–water partition coefficient (Wildman–Crippen LogP) is 0.200. The van der Waals surface area contributed by atoms with Crippen molar-refractivity contribution in [1.82, 2.24) is 5.32 Å². The lowest BCUT2D eigenvalue weighted by Gasteiger charge is -2.19. The van der Waals surface area contributed by atoms with E-state index in [1.54, 1.807) is 24.3 Å². The van der Waals surface area contributed by atoms with E-state index >= 15 is 0 Å². The fraction of sp³-hybridized carbons (Fsp3) is 0.167. The number of nitrogens with one attached hydrogen (secondary N) is 3. The Bertz CT molecular complexity index is 613. The van der Waals surface area contributed by atoms with Crippen LogP contribution in [0.1, 0.15) is 15.9 Å². The van der Waals surface area contributed by atoms with Crippen molar-refractivity contribution in [3.8, 4) is 6.07 Å². The molecule has 1 amide bonds. The van der Waals surface area contributed by atoms with E-state index in [2.05, 4.69) is 15.8 Å². The van der Waals surface area contributed by atoms with E-state index in [1.165, 1.54) is 0 Å². The molecule has 0 fully saturated rings. The maximum absolute atomic E-state index is 11.7. The van der Waals surface area contributed by atoms with Crippen LogP contribution < -0.4 is 16.5 Å². The molecule has 1 aliphatic heterocycles. The number of anilines is 1. The zero-order chi connectivity index (χ0) is 13.8. The zero-order valence-electron chi connectivity index (χ0n) is 10.0. The van der Waals surface area contributed by atoms with E-state index in [4.69, 9.17) is 16.4 Å². The number of amides is 1. The molecule has 1 aromatic carbocycles. The Labute approximate surface area is 109 Å². The highest BCUT2D eigenvalue weighted by Gasteiger charge is 2.18. The van der Waals surface area contributed by atoms with Gasteiger partial charge in [0, 0.05) is 12.1 Å². The van der Waals surface area contributed by atoms with Gasteiger partial charge in [-0.1, -0.05) is 6.07 Å². The summed E-state index contributed by atoms with van der Waals surface area (Å²) >= 11 is 0. The second-order valence-corrected chi connectivity index (χ2v) is 3.94. The summed E-state index contributed by atoms with van der Waals surface area (Å²) in [4.78, 5) is 11.7. The Hall–Kier alpha value is -2.88. The lowest BCUT2D eigenvalue weighted by Crippen LogP contribution is -2.32. The third-order valence-corrected chi connectivity index (χ3v) is 2.73. The first-order valence-electron chi connectivity index (χ1n) is 5.61. The van der Waals surface area contributed by atoms with Gasteiger partial charge in [-0.2, -0.15) is 10.4 Å². The molecular weight excluding hydrogens is 244 g/mol. The van der Waals surface area contributed by atoms with Gasteiger partial charge in [-0.25, -0.2) is 0 Å². The first-order chi connectivity index (χ1) is 9.13. The Morgan fingerprint density at radius 3 is 3.05 bits per heavy atom. The molecule has 0 aromatic heterocycles. The van der Waals surface area contributed by atoms with Crippen molar-refractivity contribution in [3.63, 3.8) is 0 Å². The summed E-state index contributed by atoms with van der Waals surface area (Å²) in [6.45, 7) is 0.562. The lowest BCUT2D eigenvalue weighted by molar-refractivity contribution is 0.0946. The molecule has 0 bridgehead atoms. The second-order valence-electron chi connectivity index (χ2n) is 3.94. The summed E-state index contributed by atoms with van der Waals surface area (Å²) in [5.74, 6) is -0.529. The molecule has 0 saturated heterocycles.